The van der Waals surface area contributed by atoms with Gasteiger partial charge >= 0.3 is 0 Å². The number of hydrogen-bond donors (Lipinski definition) is 3. The van der Waals surface area contributed by atoms with E-state index in [0.29, 0.717) is 12.5 Å². The molecule has 0 aromatic carbocycles. The second-order valence-electron chi connectivity index (χ2n) is 3.38. The van der Waals surface area contributed by atoms with Gasteiger partial charge in [-0.15, -0.1) is 0 Å². The number of nitrogens with one attached hydrogen (secondary N) is 3. The van der Waals surface area contributed by atoms with Crippen molar-refractivity contribution in [2.45, 2.75) is 13.8 Å². The lowest BCUT2D eigenvalue weighted by atomic mass is 10.2. The van der Waals surface area contributed by atoms with E-state index in [-0.39, 0.29) is 18.4 Å². The summed E-state index contributed by atoms with van der Waals surface area (Å²) in [6.45, 7) is 4.97. The summed E-state index contributed by atoms with van der Waals surface area (Å²) in [6, 6.07) is 0. The molecule has 0 radical (unpaired) electrons. The average Bonchev–Trinajstić information content (AvgIpc) is 2.12. The van der Waals surface area contributed by atoms with Crippen LogP contribution in [0, 0.1) is 5.92 Å². The van der Waals surface area contributed by atoms with Crippen LogP contribution in [0.3, 0.4) is 0 Å². The van der Waals surface area contributed by atoms with Crippen LogP contribution in [0.25, 0.3) is 0 Å². The molecule has 1 unspecified atom stereocenters. The van der Waals surface area contributed by atoms with E-state index in [2.05, 4.69) is 16.0 Å². The number of amides is 2. The Morgan fingerprint density at radius 2 is 1.86 bits per heavy atom. The number of carbonyl (C=O) groups excluding carboxylic acids is 2. The van der Waals surface area contributed by atoms with Crippen LogP contribution in [0.4, 0.5) is 0 Å². The Morgan fingerprint density at radius 3 is 2.36 bits per heavy atom. The third kappa shape index (κ3) is 7.54. The Hall–Kier alpha value is -1.10. The topological polar surface area (TPSA) is 70.2 Å². The fraction of sp³-hybridized carbons (Fsp3) is 0.778. The molecule has 0 bridgehead atoms. The summed E-state index contributed by atoms with van der Waals surface area (Å²) in [5.74, 6) is 0.0489. The summed E-state index contributed by atoms with van der Waals surface area (Å²) in [5.41, 5.74) is 0. The van der Waals surface area contributed by atoms with Gasteiger partial charge in [-0.25, -0.2) is 0 Å². The summed E-state index contributed by atoms with van der Waals surface area (Å²) in [6.07, 6.45) is 0. The molecule has 0 aliphatic carbocycles. The minimum Gasteiger partial charge on any atom is -0.354 e. The highest BCUT2D eigenvalue weighted by atomic mass is 16.2. The third-order valence-electron chi connectivity index (χ3n) is 1.70. The van der Waals surface area contributed by atoms with Gasteiger partial charge in [0.05, 0.1) is 6.54 Å². The van der Waals surface area contributed by atoms with E-state index in [0.717, 1.165) is 6.54 Å². The van der Waals surface area contributed by atoms with Gasteiger partial charge in [0.25, 0.3) is 0 Å². The van der Waals surface area contributed by atoms with Crippen molar-refractivity contribution in [2.24, 2.45) is 5.92 Å². The first kappa shape index (κ1) is 12.9. The molecule has 3 N–H and O–H groups in total. The van der Waals surface area contributed by atoms with Crippen molar-refractivity contribution in [3.63, 3.8) is 0 Å². The van der Waals surface area contributed by atoms with E-state index in [1.165, 1.54) is 6.92 Å². The van der Waals surface area contributed by atoms with Crippen LogP contribution >= 0.6 is 0 Å². The highest BCUT2D eigenvalue weighted by Gasteiger charge is 2.04. The maximum Gasteiger partial charge on any atom is 0.239 e. The molecule has 0 aliphatic rings. The molecule has 0 saturated carbocycles. The SMILES string of the molecule is CNCC(C)CNC(=O)CNC(C)=O. The lowest BCUT2D eigenvalue weighted by molar-refractivity contribution is -0.125. The zero-order chi connectivity index (χ0) is 11.0. The second-order valence-corrected chi connectivity index (χ2v) is 3.38. The first-order chi connectivity index (χ1) is 6.56. The normalized spacial score (nSPS) is 11.9. The average molecular weight is 201 g/mol. The molecule has 0 fully saturated rings. The van der Waals surface area contributed by atoms with Crippen molar-refractivity contribution in [3.8, 4) is 0 Å². The van der Waals surface area contributed by atoms with Crippen molar-refractivity contribution in [1.82, 2.24) is 16.0 Å². The summed E-state index contributed by atoms with van der Waals surface area (Å²) in [4.78, 5) is 21.6. The van der Waals surface area contributed by atoms with Gasteiger partial charge in [-0.3, -0.25) is 9.59 Å². The molecule has 0 heterocycles. The van der Waals surface area contributed by atoms with Crippen molar-refractivity contribution in [3.05, 3.63) is 0 Å². The Balaban J connectivity index is 3.48. The number of carbonyl (C=O) groups is 2. The zero-order valence-corrected chi connectivity index (χ0v) is 9.02. The van der Waals surface area contributed by atoms with Gasteiger partial charge in [0.15, 0.2) is 0 Å². The first-order valence-electron chi connectivity index (χ1n) is 4.72. The Labute approximate surface area is 84.6 Å². The second kappa shape index (κ2) is 7.32. The molecule has 0 aliphatic heterocycles. The third-order valence-corrected chi connectivity index (χ3v) is 1.70. The molecular weight excluding hydrogens is 182 g/mol. The molecule has 0 spiro atoms. The minimum atomic E-state index is -0.191. The van der Waals surface area contributed by atoms with Crippen molar-refractivity contribution in [2.75, 3.05) is 26.7 Å². The van der Waals surface area contributed by atoms with Crippen LogP contribution < -0.4 is 16.0 Å². The van der Waals surface area contributed by atoms with Crippen LogP contribution in [0.1, 0.15) is 13.8 Å². The lowest BCUT2D eigenvalue weighted by Gasteiger charge is -2.11. The predicted octanol–water partition coefficient (Wildman–Crippen LogP) is -0.906. The summed E-state index contributed by atoms with van der Waals surface area (Å²) >= 11 is 0. The van der Waals surface area contributed by atoms with Gasteiger partial charge < -0.3 is 16.0 Å². The molecule has 2 amide bonds. The van der Waals surface area contributed by atoms with Crippen LogP contribution in [0.2, 0.25) is 0 Å². The monoisotopic (exact) mass is 201 g/mol. The minimum absolute atomic E-state index is 0.0571. The molecule has 0 aromatic heterocycles. The fourth-order valence-corrected chi connectivity index (χ4v) is 0.976. The molecule has 0 saturated heterocycles. The van der Waals surface area contributed by atoms with Gasteiger partial charge in [-0.2, -0.15) is 0 Å². The van der Waals surface area contributed by atoms with Crippen LogP contribution in [0.5, 0.6) is 0 Å². The molecule has 5 heteroatoms. The maximum absolute atomic E-state index is 11.1. The molecule has 0 rings (SSSR count). The van der Waals surface area contributed by atoms with Crippen molar-refractivity contribution in [1.29, 1.82) is 0 Å². The molecule has 82 valence electrons. The van der Waals surface area contributed by atoms with Gasteiger partial charge in [0.1, 0.15) is 0 Å². The fourth-order valence-electron chi connectivity index (χ4n) is 0.976. The van der Waals surface area contributed by atoms with Gasteiger partial charge in [-0.05, 0) is 19.5 Å². The molecular formula is C9H19N3O2. The van der Waals surface area contributed by atoms with Crippen molar-refractivity contribution >= 4 is 11.8 Å². The molecule has 14 heavy (non-hydrogen) atoms. The van der Waals surface area contributed by atoms with Gasteiger partial charge in [0.2, 0.25) is 11.8 Å². The van der Waals surface area contributed by atoms with E-state index >= 15 is 0 Å². The van der Waals surface area contributed by atoms with Crippen LogP contribution in [0.15, 0.2) is 0 Å². The Bertz CT molecular complexity index is 194. The maximum atomic E-state index is 11.1. The zero-order valence-electron chi connectivity index (χ0n) is 9.02. The molecule has 5 nitrogen and oxygen atoms in total. The highest BCUT2D eigenvalue weighted by Crippen LogP contribution is 1.87. The highest BCUT2D eigenvalue weighted by molar-refractivity contribution is 5.83. The van der Waals surface area contributed by atoms with E-state index in [4.69, 9.17) is 0 Å². The van der Waals surface area contributed by atoms with E-state index in [9.17, 15) is 9.59 Å². The van der Waals surface area contributed by atoms with Crippen LogP contribution in [-0.4, -0.2) is 38.5 Å². The van der Waals surface area contributed by atoms with Gasteiger partial charge in [-0.1, -0.05) is 6.92 Å². The number of hydrogen-bond acceptors (Lipinski definition) is 3. The molecule has 1 atom stereocenters. The summed E-state index contributed by atoms with van der Waals surface area (Å²) in [7, 11) is 1.87. The predicted molar refractivity (Wildman–Crippen MR) is 54.8 cm³/mol. The summed E-state index contributed by atoms with van der Waals surface area (Å²) in [5, 5.41) is 8.18. The molecule has 0 aromatic rings. The Kier molecular flexibility index (Phi) is 6.74. The van der Waals surface area contributed by atoms with E-state index in [1.54, 1.807) is 0 Å². The lowest BCUT2D eigenvalue weighted by Crippen LogP contribution is -2.39. The van der Waals surface area contributed by atoms with Crippen LogP contribution in [-0.2, 0) is 9.59 Å². The summed E-state index contributed by atoms with van der Waals surface area (Å²) < 4.78 is 0. The first-order valence-corrected chi connectivity index (χ1v) is 4.72. The Morgan fingerprint density at radius 1 is 1.21 bits per heavy atom. The quantitative estimate of drug-likeness (QED) is 0.521. The number of rotatable bonds is 6. The largest absolute Gasteiger partial charge is 0.354 e. The smallest absolute Gasteiger partial charge is 0.239 e. The van der Waals surface area contributed by atoms with Gasteiger partial charge in [0, 0.05) is 13.5 Å². The van der Waals surface area contributed by atoms with Crippen molar-refractivity contribution < 1.29 is 9.59 Å². The van der Waals surface area contributed by atoms with E-state index in [1.807, 2.05) is 14.0 Å². The van der Waals surface area contributed by atoms with E-state index < -0.39 is 0 Å². The standard InChI is InChI=1S/C9H19N3O2/c1-7(4-10-3)5-12-9(14)6-11-8(2)13/h7,10H,4-6H2,1-3H3,(H,11,13)(H,12,14).